The number of hydrogen-bond donors (Lipinski definition) is 5. The molecule has 3 amide bonds. The molecule has 2 aliphatic heterocycles. The number of thiazole rings is 1. The van der Waals surface area contributed by atoms with Crippen molar-refractivity contribution in [1.29, 1.82) is 0 Å². The first-order chi connectivity index (χ1) is 14.7. The maximum absolute atomic E-state index is 12.6. The first-order valence-electron chi connectivity index (χ1n) is 8.48. The van der Waals surface area contributed by atoms with Crippen LogP contribution in [0.4, 0.5) is 9.93 Å². The Bertz CT molecular complexity index is 1030. The second-order valence-electron chi connectivity index (χ2n) is 6.09. The van der Waals surface area contributed by atoms with Gasteiger partial charge in [0.05, 0.1) is 0 Å². The lowest BCUT2D eigenvalue weighted by Gasteiger charge is -2.49. The van der Waals surface area contributed by atoms with Crippen LogP contribution in [0.1, 0.15) is 5.69 Å². The maximum Gasteiger partial charge on any atom is 0.404 e. The third kappa shape index (κ3) is 4.46. The third-order valence-electron chi connectivity index (χ3n) is 4.21. The topological polar surface area (TPSA) is 211 Å². The van der Waals surface area contributed by atoms with Gasteiger partial charge in [-0.15, -0.1) is 23.1 Å². The highest BCUT2D eigenvalue weighted by Crippen LogP contribution is 2.40. The summed E-state index contributed by atoms with van der Waals surface area (Å²) in [4.78, 5) is 52.3. The van der Waals surface area contributed by atoms with E-state index in [4.69, 9.17) is 16.7 Å². The zero-order chi connectivity index (χ0) is 22.7. The Balaban J connectivity index is 1.74. The summed E-state index contributed by atoms with van der Waals surface area (Å²) in [7, 11) is 0. The number of anilines is 1. The van der Waals surface area contributed by atoms with Crippen molar-refractivity contribution in [3.05, 3.63) is 34.5 Å². The summed E-state index contributed by atoms with van der Waals surface area (Å²) < 4.78 is 4.55. The molecule has 1 saturated heterocycles. The molecule has 2 atom stereocenters. The number of nitrogen functional groups attached to an aromatic ring is 1. The zero-order valence-corrected chi connectivity index (χ0v) is 17.2. The van der Waals surface area contributed by atoms with Gasteiger partial charge in [0.2, 0.25) is 0 Å². The summed E-state index contributed by atoms with van der Waals surface area (Å²) in [6.45, 7) is -0.156. The normalized spacial score (nSPS) is 21.0. The molecule has 1 fully saturated rings. The van der Waals surface area contributed by atoms with Crippen molar-refractivity contribution in [1.82, 2.24) is 15.2 Å². The van der Waals surface area contributed by atoms with Crippen LogP contribution in [0.3, 0.4) is 0 Å². The number of primary amides is 1. The number of aromatic nitrogens is 1. The quantitative estimate of drug-likeness (QED) is 0.147. The number of allylic oxidation sites excluding steroid dienone is 1. The molecule has 0 aromatic carbocycles. The Morgan fingerprint density at radius 1 is 1.45 bits per heavy atom. The van der Waals surface area contributed by atoms with Crippen molar-refractivity contribution in [2.24, 2.45) is 10.9 Å². The largest absolute Gasteiger partial charge is 0.477 e. The van der Waals surface area contributed by atoms with E-state index in [0.29, 0.717) is 5.57 Å². The van der Waals surface area contributed by atoms with Gasteiger partial charge in [-0.25, -0.2) is 14.6 Å². The number of aliphatic carboxylic acids is 1. The highest BCUT2D eigenvalue weighted by molar-refractivity contribution is 8.00. The molecule has 0 aliphatic carbocycles. The molecule has 3 rings (SSSR count). The molecule has 0 bridgehead atoms. The van der Waals surface area contributed by atoms with Gasteiger partial charge in [0.25, 0.3) is 11.8 Å². The Hall–Kier alpha value is -3.59. The molecule has 31 heavy (non-hydrogen) atoms. The van der Waals surface area contributed by atoms with Crippen LogP contribution >= 0.6 is 23.1 Å². The van der Waals surface area contributed by atoms with Crippen molar-refractivity contribution in [2.45, 2.75) is 11.4 Å². The third-order valence-corrected chi connectivity index (χ3v) is 6.18. The molecule has 0 spiro atoms. The highest BCUT2D eigenvalue weighted by atomic mass is 32.2. The monoisotopic (exact) mass is 468 g/mol. The van der Waals surface area contributed by atoms with E-state index < -0.39 is 41.0 Å². The zero-order valence-electron chi connectivity index (χ0n) is 15.5. The number of thioether (sulfide) groups is 1. The van der Waals surface area contributed by atoms with Gasteiger partial charge in [-0.2, -0.15) is 0 Å². The Labute approximate surface area is 182 Å². The molecule has 0 saturated carbocycles. The van der Waals surface area contributed by atoms with Gasteiger partial charge < -0.3 is 31.8 Å². The number of amides is 3. The molecule has 7 N–H and O–H groups in total. The molecule has 2 aliphatic rings. The first kappa shape index (κ1) is 22.1. The van der Waals surface area contributed by atoms with Crippen molar-refractivity contribution in [2.75, 3.05) is 18.1 Å². The fraction of sp³-hybridized carbons (Fsp3) is 0.250. The summed E-state index contributed by atoms with van der Waals surface area (Å²) >= 11 is 2.27. The lowest BCUT2D eigenvalue weighted by atomic mass is 10.0. The summed E-state index contributed by atoms with van der Waals surface area (Å²) in [5.41, 5.74) is 10.1. The van der Waals surface area contributed by atoms with Crippen molar-refractivity contribution in [3.8, 4) is 0 Å². The van der Waals surface area contributed by atoms with E-state index in [1.54, 1.807) is 0 Å². The summed E-state index contributed by atoms with van der Waals surface area (Å²) in [5, 5.41) is 25.0. The van der Waals surface area contributed by atoms with Gasteiger partial charge in [0.15, 0.2) is 10.8 Å². The van der Waals surface area contributed by atoms with E-state index in [0.717, 1.165) is 16.2 Å². The number of hydrogen-bond acceptors (Lipinski definition) is 11. The van der Waals surface area contributed by atoms with Gasteiger partial charge in [-0.3, -0.25) is 14.5 Å². The fourth-order valence-corrected chi connectivity index (χ4v) is 4.78. The van der Waals surface area contributed by atoms with E-state index in [1.807, 2.05) is 0 Å². The number of oxime groups is 1. The summed E-state index contributed by atoms with van der Waals surface area (Å²) in [6, 6.07) is -1.02. The van der Waals surface area contributed by atoms with Crippen LogP contribution in [0.25, 0.3) is 0 Å². The number of carboxylic acid groups (broad SMARTS) is 1. The average Bonchev–Trinajstić information content (AvgIpc) is 3.14. The number of fused-ring (bicyclic) bond motifs is 1. The van der Waals surface area contributed by atoms with E-state index in [9.17, 15) is 24.3 Å². The van der Waals surface area contributed by atoms with E-state index in [-0.39, 0.29) is 28.9 Å². The second kappa shape index (κ2) is 9.05. The predicted molar refractivity (Wildman–Crippen MR) is 109 cm³/mol. The summed E-state index contributed by atoms with van der Waals surface area (Å²) in [6.07, 6.45) is 1.85. The number of nitrogens with one attached hydrogen (secondary N) is 1. The number of ether oxygens (including phenoxy) is 1. The van der Waals surface area contributed by atoms with Crippen LogP contribution in [-0.2, 0) is 19.1 Å². The minimum Gasteiger partial charge on any atom is -0.477 e. The number of rotatable bonds is 7. The van der Waals surface area contributed by atoms with Gasteiger partial charge >= 0.3 is 12.1 Å². The molecule has 0 radical (unpaired) electrons. The molecular weight excluding hydrogens is 452 g/mol. The number of carbonyl (C=O) groups is 4. The molecule has 3 heterocycles. The van der Waals surface area contributed by atoms with E-state index in [1.165, 1.54) is 29.3 Å². The van der Waals surface area contributed by atoms with Crippen LogP contribution < -0.4 is 16.8 Å². The van der Waals surface area contributed by atoms with Gasteiger partial charge in [0.1, 0.15) is 29.4 Å². The van der Waals surface area contributed by atoms with E-state index >= 15 is 0 Å². The fourth-order valence-electron chi connectivity index (χ4n) is 2.91. The van der Waals surface area contributed by atoms with Gasteiger partial charge in [-0.1, -0.05) is 11.2 Å². The number of nitrogens with two attached hydrogens (primary N) is 2. The van der Waals surface area contributed by atoms with Crippen LogP contribution in [0.15, 0.2) is 34.0 Å². The van der Waals surface area contributed by atoms with Crippen molar-refractivity contribution >= 4 is 57.8 Å². The number of carbonyl (C=O) groups excluding carboxylic acids is 3. The van der Waals surface area contributed by atoms with Gasteiger partial charge in [0, 0.05) is 11.1 Å². The Morgan fingerprint density at radius 3 is 2.77 bits per heavy atom. The van der Waals surface area contributed by atoms with Crippen LogP contribution in [0, 0.1) is 0 Å². The van der Waals surface area contributed by atoms with Crippen LogP contribution in [-0.4, -0.2) is 73.6 Å². The SMILES string of the molecule is NC(=O)OC/C=C/C1=C(C(=O)O)N2C(=O)C(NC(=O)/C(=N\O)c3csc(N)n3)C2SC1. The van der Waals surface area contributed by atoms with Crippen LogP contribution in [0.2, 0.25) is 0 Å². The minimum atomic E-state index is -1.32. The first-order valence-corrected chi connectivity index (χ1v) is 10.4. The lowest BCUT2D eigenvalue weighted by molar-refractivity contribution is -0.150. The predicted octanol–water partition coefficient (Wildman–Crippen LogP) is -0.706. The minimum absolute atomic E-state index is 0.0409. The maximum atomic E-state index is 12.6. The Morgan fingerprint density at radius 2 is 2.19 bits per heavy atom. The number of carboxylic acids is 1. The average molecular weight is 468 g/mol. The van der Waals surface area contributed by atoms with Crippen molar-refractivity contribution < 1.29 is 34.2 Å². The highest BCUT2D eigenvalue weighted by Gasteiger charge is 2.54. The summed E-state index contributed by atoms with van der Waals surface area (Å²) in [5.74, 6) is -2.60. The lowest BCUT2D eigenvalue weighted by Crippen LogP contribution is -2.71. The molecular formula is C16H16N6O7S2. The van der Waals surface area contributed by atoms with Crippen LogP contribution in [0.5, 0.6) is 0 Å². The van der Waals surface area contributed by atoms with E-state index in [2.05, 4.69) is 20.2 Å². The molecule has 1 aromatic rings. The second-order valence-corrected chi connectivity index (χ2v) is 8.09. The molecule has 15 heteroatoms. The smallest absolute Gasteiger partial charge is 0.404 e. The van der Waals surface area contributed by atoms with Gasteiger partial charge in [-0.05, 0) is 11.6 Å². The molecule has 13 nitrogen and oxygen atoms in total. The molecule has 1 aromatic heterocycles. The number of β-lactam (4-membered cyclic amide) rings is 1. The molecule has 164 valence electrons. The molecule has 2 unspecified atom stereocenters. The Kier molecular flexibility index (Phi) is 6.45. The number of nitrogens with zero attached hydrogens (tertiary/aromatic N) is 3. The standard InChI is InChI=1S/C16H16N6O7S2/c17-15-19-7(5-31-15)8(21-28)11(23)20-9-12(24)22-10(14(25)26)6(4-30-13(9)22)2-1-3-29-16(18)27/h1-2,5,9,13,28H,3-4H2,(H2,17,19)(H2,18,27)(H,20,23)(H,25,26)/b2-1+,21-8-. The van der Waals surface area contributed by atoms with Crippen molar-refractivity contribution in [3.63, 3.8) is 0 Å².